The van der Waals surface area contributed by atoms with Crippen LogP contribution in [0.1, 0.15) is 17.5 Å². The van der Waals surface area contributed by atoms with E-state index in [1.807, 2.05) is 48.2 Å². The largest absolute Gasteiger partial charge is 0.384 e. The van der Waals surface area contributed by atoms with Crippen LogP contribution in [0.2, 0.25) is 5.02 Å². The van der Waals surface area contributed by atoms with Gasteiger partial charge in [-0.3, -0.25) is 0 Å². The molecule has 10 heteroatoms. The number of pyridine rings is 1. The second-order valence-corrected chi connectivity index (χ2v) is 10.1. The zero-order valence-corrected chi connectivity index (χ0v) is 24.8. The molecule has 5 rings (SSSR count). The van der Waals surface area contributed by atoms with E-state index in [2.05, 4.69) is 76.7 Å². The van der Waals surface area contributed by atoms with Crippen molar-refractivity contribution in [1.29, 1.82) is 0 Å². The number of fused-ring (bicyclic) bond motifs is 2. The smallest absolute Gasteiger partial charge is 0.153 e. The van der Waals surface area contributed by atoms with Gasteiger partial charge in [0.25, 0.3) is 0 Å². The molecule has 0 saturated carbocycles. The molecule has 1 aliphatic rings. The first-order valence-corrected chi connectivity index (χ1v) is 13.0. The topological polar surface area (TPSA) is 92.9 Å². The number of aromatic nitrogens is 1. The summed E-state index contributed by atoms with van der Waals surface area (Å²) in [5, 5.41) is 8.83. The van der Waals surface area contributed by atoms with Gasteiger partial charge in [0.1, 0.15) is 11.5 Å². The zero-order chi connectivity index (χ0) is 26.2. The third-order valence-electron chi connectivity index (χ3n) is 5.51. The van der Waals surface area contributed by atoms with Gasteiger partial charge in [0, 0.05) is 21.4 Å². The SMILES string of the molecule is CN(C)CCC=C1c2ccccc2Sc2ccc(Cl)cc21.Cl.Cl.Nc1ccc(N=Nc2ccccc2)c(N)n1. The van der Waals surface area contributed by atoms with E-state index in [0.717, 1.165) is 23.7 Å². The summed E-state index contributed by atoms with van der Waals surface area (Å²) in [6, 6.07) is 27.5. The van der Waals surface area contributed by atoms with Crippen LogP contribution in [0, 0.1) is 0 Å². The second-order valence-electron chi connectivity index (χ2n) is 8.62. The van der Waals surface area contributed by atoms with Crippen molar-refractivity contribution < 1.29 is 0 Å². The molecule has 0 saturated heterocycles. The number of azo groups is 1. The first kappa shape index (κ1) is 32.1. The lowest BCUT2D eigenvalue weighted by atomic mass is 9.96. The Labute approximate surface area is 251 Å². The summed E-state index contributed by atoms with van der Waals surface area (Å²) in [6.45, 7) is 1.05. The maximum absolute atomic E-state index is 6.21. The molecule has 0 spiro atoms. The van der Waals surface area contributed by atoms with Crippen molar-refractivity contribution in [3.05, 3.63) is 107 Å². The van der Waals surface area contributed by atoms with Crippen LogP contribution < -0.4 is 11.5 Å². The minimum Gasteiger partial charge on any atom is -0.384 e. The highest BCUT2D eigenvalue weighted by atomic mass is 35.5. The standard InChI is InChI=1S/C18H18ClNS.C11H11N5.2ClH/c1-20(2)11-5-7-14-15-6-3-4-8-17(15)21-18-10-9-13(19)12-16(14)18;12-10-7-6-9(11(13)14-10)16-15-8-4-2-1-3-5-8;;/h3-4,6-10,12H,5,11H2,1-2H3;1-7H,(H4,12,13,14);2*1H. The van der Waals surface area contributed by atoms with Crippen LogP contribution in [-0.4, -0.2) is 30.5 Å². The number of nitrogen functional groups attached to an aromatic ring is 2. The van der Waals surface area contributed by atoms with Crippen molar-refractivity contribution in [3.63, 3.8) is 0 Å². The average molecular weight is 602 g/mol. The summed E-state index contributed by atoms with van der Waals surface area (Å²) < 4.78 is 0. The number of benzene rings is 3. The molecular weight excluding hydrogens is 571 g/mol. The van der Waals surface area contributed by atoms with Gasteiger partial charge in [-0.2, -0.15) is 5.11 Å². The number of rotatable bonds is 5. The van der Waals surface area contributed by atoms with E-state index in [1.54, 1.807) is 12.1 Å². The molecule has 0 radical (unpaired) electrons. The van der Waals surface area contributed by atoms with Gasteiger partial charge < -0.3 is 16.4 Å². The fourth-order valence-electron chi connectivity index (χ4n) is 3.70. The number of halogens is 3. The molecular formula is C29H31Cl3N6S. The number of anilines is 2. The fraction of sp³-hybridized carbons (Fsp3) is 0.138. The first-order chi connectivity index (χ1) is 17.9. The van der Waals surface area contributed by atoms with Crippen molar-refractivity contribution in [2.75, 3.05) is 32.1 Å². The van der Waals surface area contributed by atoms with Crippen LogP contribution >= 0.6 is 48.2 Å². The molecule has 3 aromatic carbocycles. The van der Waals surface area contributed by atoms with Crippen LogP contribution in [-0.2, 0) is 0 Å². The lowest BCUT2D eigenvalue weighted by Crippen LogP contribution is -2.12. The Morgan fingerprint density at radius 1 is 0.846 bits per heavy atom. The number of hydrogen-bond donors (Lipinski definition) is 2. The summed E-state index contributed by atoms with van der Waals surface area (Å²) in [6.07, 6.45) is 3.38. The van der Waals surface area contributed by atoms with E-state index in [0.29, 0.717) is 11.5 Å². The molecule has 39 heavy (non-hydrogen) atoms. The van der Waals surface area contributed by atoms with Crippen molar-refractivity contribution in [1.82, 2.24) is 9.88 Å². The zero-order valence-electron chi connectivity index (χ0n) is 21.6. The predicted molar refractivity (Wildman–Crippen MR) is 170 cm³/mol. The van der Waals surface area contributed by atoms with Gasteiger partial charge in [0.2, 0.25) is 0 Å². The predicted octanol–water partition coefficient (Wildman–Crippen LogP) is 8.69. The molecule has 4 aromatic rings. The van der Waals surface area contributed by atoms with Gasteiger partial charge in [0.05, 0.1) is 5.69 Å². The number of nitrogens with two attached hydrogens (primary N) is 2. The van der Waals surface area contributed by atoms with E-state index in [1.165, 1.54) is 26.5 Å². The maximum atomic E-state index is 6.21. The highest BCUT2D eigenvalue weighted by molar-refractivity contribution is 7.99. The van der Waals surface area contributed by atoms with E-state index >= 15 is 0 Å². The van der Waals surface area contributed by atoms with Crippen LogP contribution in [0.15, 0.2) is 111 Å². The van der Waals surface area contributed by atoms with Gasteiger partial charge in [-0.05, 0) is 85.7 Å². The van der Waals surface area contributed by atoms with Crippen LogP contribution in [0.4, 0.5) is 23.0 Å². The van der Waals surface area contributed by atoms with Crippen molar-refractivity contribution in [3.8, 4) is 0 Å². The molecule has 1 aromatic heterocycles. The quantitative estimate of drug-likeness (QED) is 0.197. The second kappa shape index (κ2) is 15.5. The molecule has 1 aliphatic heterocycles. The van der Waals surface area contributed by atoms with Crippen molar-refractivity contribution >= 4 is 76.8 Å². The minimum absolute atomic E-state index is 0. The Morgan fingerprint density at radius 2 is 1.54 bits per heavy atom. The molecule has 0 amide bonds. The Bertz CT molecular complexity index is 1430. The monoisotopic (exact) mass is 600 g/mol. The highest BCUT2D eigenvalue weighted by Gasteiger charge is 2.20. The summed E-state index contributed by atoms with van der Waals surface area (Å²) in [5.41, 5.74) is 16.3. The Morgan fingerprint density at radius 3 is 2.26 bits per heavy atom. The minimum atomic E-state index is 0. The van der Waals surface area contributed by atoms with Gasteiger partial charge >= 0.3 is 0 Å². The average Bonchev–Trinajstić information content (AvgIpc) is 2.89. The van der Waals surface area contributed by atoms with Crippen LogP contribution in [0.25, 0.3) is 5.57 Å². The summed E-state index contributed by atoms with van der Waals surface area (Å²) in [4.78, 5) is 8.70. The lowest BCUT2D eigenvalue weighted by molar-refractivity contribution is 0.417. The molecule has 0 unspecified atom stereocenters. The highest BCUT2D eigenvalue weighted by Crippen LogP contribution is 2.46. The number of hydrogen-bond acceptors (Lipinski definition) is 7. The van der Waals surface area contributed by atoms with E-state index in [9.17, 15) is 0 Å². The van der Waals surface area contributed by atoms with E-state index in [-0.39, 0.29) is 30.6 Å². The molecule has 204 valence electrons. The Balaban J connectivity index is 0.000000269. The summed E-state index contributed by atoms with van der Waals surface area (Å²) >= 11 is 8.03. The molecule has 0 fully saturated rings. The first-order valence-electron chi connectivity index (χ1n) is 11.8. The number of nitrogens with zero attached hydrogens (tertiary/aromatic N) is 4. The normalized spacial score (nSPS) is 12.6. The Hall–Kier alpha value is -3.07. The molecule has 2 heterocycles. The molecule has 6 nitrogen and oxygen atoms in total. The van der Waals surface area contributed by atoms with Gasteiger partial charge in [-0.25, -0.2) is 4.98 Å². The Kier molecular flexibility index (Phi) is 12.8. The molecule has 0 bridgehead atoms. The van der Waals surface area contributed by atoms with Gasteiger partial charge in [-0.1, -0.05) is 65.8 Å². The maximum Gasteiger partial charge on any atom is 0.153 e. The lowest BCUT2D eigenvalue weighted by Gasteiger charge is -2.22. The van der Waals surface area contributed by atoms with Crippen molar-refractivity contribution in [2.24, 2.45) is 10.2 Å². The fourth-order valence-corrected chi connectivity index (χ4v) is 4.96. The van der Waals surface area contributed by atoms with Crippen molar-refractivity contribution in [2.45, 2.75) is 16.2 Å². The summed E-state index contributed by atoms with van der Waals surface area (Å²) in [7, 11) is 4.21. The van der Waals surface area contributed by atoms with E-state index < -0.39 is 0 Å². The van der Waals surface area contributed by atoms with Gasteiger partial charge in [0.15, 0.2) is 5.82 Å². The van der Waals surface area contributed by atoms with Crippen LogP contribution in [0.5, 0.6) is 0 Å². The van der Waals surface area contributed by atoms with E-state index in [4.69, 9.17) is 23.1 Å². The summed E-state index contributed by atoms with van der Waals surface area (Å²) in [5.74, 6) is 0.649. The van der Waals surface area contributed by atoms with Crippen LogP contribution in [0.3, 0.4) is 0 Å². The molecule has 4 N–H and O–H groups in total. The molecule has 0 atom stereocenters. The molecule has 0 aliphatic carbocycles. The van der Waals surface area contributed by atoms with Gasteiger partial charge in [-0.15, -0.1) is 29.9 Å². The third kappa shape index (κ3) is 8.98. The third-order valence-corrected chi connectivity index (χ3v) is 6.89.